The summed E-state index contributed by atoms with van der Waals surface area (Å²) in [5, 5.41) is 6.92. The summed E-state index contributed by atoms with van der Waals surface area (Å²) in [6.45, 7) is 6.31. The van der Waals surface area contributed by atoms with E-state index >= 15 is 0 Å². The lowest BCUT2D eigenvalue weighted by atomic mass is 9.96. The molecule has 3 atom stereocenters. The molecule has 4 nitrogen and oxygen atoms in total. The molecule has 0 aromatic rings. The molecule has 2 heterocycles. The van der Waals surface area contributed by atoms with Crippen molar-refractivity contribution in [1.29, 1.82) is 0 Å². The molecule has 3 unspecified atom stereocenters. The molecule has 2 saturated heterocycles. The highest BCUT2D eigenvalue weighted by Gasteiger charge is 2.41. The molecule has 1 aliphatic carbocycles. The second-order valence-electron chi connectivity index (χ2n) is 6.37. The Labute approximate surface area is 110 Å². The summed E-state index contributed by atoms with van der Waals surface area (Å²) in [4.78, 5) is 4.73. The van der Waals surface area contributed by atoms with Crippen molar-refractivity contribution in [2.45, 2.75) is 64.2 Å². The molecule has 2 bridgehead atoms. The van der Waals surface area contributed by atoms with Crippen LogP contribution in [0.15, 0.2) is 4.99 Å². The van der Waals surface area contributed by atoms with Gasteiger partial charge in [-0.3, -0.25) is 4.99 Å². The molecule has 0 aromatic carbocycles. The van der Waals surface area contributed by atoms with Gasteiger partial charge in [-0.05, 0) is 44.4 Å². The number of ether oxygens (including phenoxy) is 1. The summed E-state index contributed by atoms with van der Waals surface area (Å²) in [6, 6.07) is 0.466. The third-order valence-electron chi connectivity index (χ3n) is 4.49. The Balaban J connectivity index is 1.56. The first kappa shape index (κ1) is 12.3. The molecule has 0 radical (unpaired) electrons. The van der Waals surface area contributed by atoms with Crippen LogP contribution in [0.3, 0.4) is 0 Å². The number of aliphatic imine (C=N–C) groups is 1. The molecule has 4 heteroatoms. The number of rotatable bonds is 4. The first-order valence-electron chi connectivity index (χ1n) is 7.39. The van der Waals surface area contributed by atoms with Crippen LogP contribution in [0.5, 0.6) is 0 Å². The summed E-state index contributed by atoms with van der Waals surface area (Å²) < 4.78 is 5.88. The maximum atomic E-state index is 5.88. The molecular formula is C14H25N3O. The van der Waals surface area contributed by atoms with Gasteiger partial charge in [-0.1, -0.05) is 6.92 Å². The minimum absolute atomic E-state index is 0.412. The van der Waals surface area contributed by atoms with E-state index in [1.807, 2.05) is 0 Å². The van der Waals surface area contributed by atoms with E-state index in [-0.39, 0.29) is 0 Å². The predicted molar refractivity (Wildman–Crippen MR) is 72.8 cm³/mol. The Kier molecular flexibility index (Phi) is 3.22. The van der Waals surface area contributed by atoms with Crippen molar-refractivity contribution >= 4 is 5.96 Å². The van der Waals surface area contributed by atoms with Gasteiger partial charge in [0.2, 0.25) is 0 Å². The summed E-state index contributed by atoms with van der Waals surface area (Å²) in [6.07, 6.45) is 7.16. The number of hydrogen-bond acceptors (Lipinski definition) is 2. The number of guanidine groups is 1. The normalized spacial score (nSPS) is 36.8. The number of nitrogens with one attached hydrogen (secondary N) is 2. The number of hydrogen-bond donors (Lipinski definition) is 2. The number of fused-ring (bicyclic) bond motifs is 2. The highest BCUT2D eigenvalue weighted by molar-refractivity contribution is 5.80. The Bertz CT molecular complexity index is 338. The van der Waals surface area contributed by atoms with Crippen molar-refractivity contribution < 1.29 is 4.74 Å². The van der Waals surface area contributed by atoms with E-state index in [2.05, 4.69) is 24.5 Å². The van der Waals surface area contributed by atoms with Crippen molar-refractivity contribution in [2.75, 3.05) is 13.1 Å². The average molecular weight is 251 g/mol. The lowest BCUT2D eigenvalue weighted by Crippen LogP contribution is -2.47. The monoisotopic (exact) mass is 251 g/mol. The maximum absolute atomic E-state index is 5.88. The van der Waals surface area contributed by atoms with Gasteiger partial charge in [-0.15, -0.1) is 0 Å². The molecular weight excluding hydrogens is 226 g/mol. The lowest BCUT2D eigenvalue weighted by molar-refractivity contribution is 0.0992. The Morgan fingerprint density at radius 2 is 2.22 bits per heavy atom. The van der Waals surface area contributed by atoms with E-state index < -0.39 is 0 Å². The van der Waals surface area contributed by atoms with E-state index in [1.54, 1.807) is 0 Å². The average Bonchev–Trinajstić information content (AvgIpc) is 2.78. The fraction of sp³-hybridized carbons (Fsp3) is 0.929. The second-order valence-corrected chi connectivity index (χ2v) is 6.37. The van der Waals surface area contributed by atoms with Gasteiger partial charge < -0.3 is 15.4 Å². The van der Waals surface area contributed by atoms with Gasteiger partial charge >= 0.3 is 0 Å². The van der Waals surface area contributed by atoms with Gasteiger partial charge in [0.1, 0.15) is 0 Å². The minimum atomic E-state index is 0.412. The minimum Gasteiger partial charge on any atom is -0.373 e. The van der Waals surface area contributed by atoms with Crippen LogP contribution in [0.1, 0.15) is 46.0 Å². The topological polar surface area (TPSA) is 45.7 Å². The fourth-order valence-electron chi connectivity index (χ4n) is 2.93. The highest BCUT2D eigenvalue weighted by Crippen LogP contribution is 2.45. The molecule has 3 rings (SSSR count). The molecule has 18 heavy (non-hydrogen) atoms. The molecule has 2 N–H and O–H groups in total. The lowest BCUT2D eigenvalue weighted by Gasteiger charge is -2.23. The quantitative estimate of drug-likeness (QED) is 0.590. The molecule has 0 aromatic heterocycles. The van der Waals surface area contributed by atoms with Crippen molar-refractivity contribution in [3.05, 3.63) is 0 Å². The van der Waals surface area contributed by atoms with Crippen LogP contribution in [-0.2, 0) is 4.74 Å². The van der Waals surface area contributed by atoms with Crippen LogP contribution >= 0.6 is 0 Å². The molecule has 3 aliphatic rings. The molecule has 1 saturated carbocycles. The standard InChI is InChI=1S/C14H25N3O/c1-3-15-13(16-9-14(2)6-7-14)17-11-8-10-4-5-12(11)18-10/h10-12H,3-9H2,1-2H3,(H2,15,16,17). The smallest absolute Gasteiger partial charge is 0.191 e. The zero-order valence-electron chi connectivity index (χ0n) is 11.5. The van der Waals surface area contributed by atoms with Crippen molar-refractivity contribution in [3.63, 3.8) is 0 Å². The molecule has 2 aliphatic heterocycles. The van der Waals surface area contributed by atoms with E-state index in [1.165, 1.54) is 25.7 Å². The van der Waals surface area contributed by atoms with E-state index in [0.717, 1.165) is 25.5 Å². The van der Waals surface area contributed by atoms with Gasteiger partial charge in [-0.2, -0.15) is 0 Å². The summed E-state index contributed by atoms with van der Waals surface area (Å²) >= 11 is 0. The van der Waals surface area contributed by atoms with E-state index in [9.17, 15) is 0 Å². The van der Waals surface area contributed by atoms with Gasteiger partial charge in [0.05, 0.1) is 18.2 Å². The highest BCUT2D eigenvalue weighted by atomic mass is 16.5. The molecule has 0 amide bonds. The summed E-state index contributed by atoms with van der Waals surface area (Å²) in [5.41, 5.74) is 0.480. The zero-order valence-corrected chi connectivity index (χ0v) is 11.5. The molecule has 102 valence electrons. The number of nitrogens with zero attached hydrogens (tertiary/aromatic N) is 1. The van der Waals surface area contributed by atoms with Gasteiger partial charge in [0.15, 0.2) is 5.96 Å². The van der Waals surface area contributed by atoms with Crippen molar-refractivity contribution in [3.8, 4) is 0 Å². The van der Waals surface area contributed by atoms with Crippen LogP contribution in [-0.4, -0.2) is 37.3 Å². The van der Waals surface area contributed by atoms with Gasteiger partial charge in [-0.25, -0.2) is 0 Å². The van der Waals surface area contributed by atoms with Crippen LogP contribution in [0, 0.1) is 5.41 Å². The van der Waals surface area contributed by atoms with Gasteiger partial charge in [0.25, 0.3) is 0 Å². The maximum Gasteiger partial charge on any atom is 0.191 e. The van der Waals surface area contributed by atoms with E-state index in [4.69, 9.17) is 9.73 Å². The summed E-state index contributed by atoms with van der Waals surface area (Å²) in [7, 11) is 0. The fourth-order valence-corrected chi connectivity index (χ4v) is 2.93. The van der Waals surface area contributed by atoms with E-state index in [0.29, 0.717) is 23.7 Å². The SMILES string of the molecule is CCNC(=NCC1(C)CC1)NC1CC2CCC1O2. The summed E-state index contributed by atoms with van der Waals surface area (Å²) in [5.74, 6) is 0.978. The van der Waals surface area contributed by atoms with Crippen LogP contribution < -0.4 is 10.6 Å². The third kappa shape index (κ3) is 2.63. The van der Waals surface area contributed by atoms with Crippen LogP contribution in [0.25, 0.3) is 0 Å². The van der Waals surface area contributed by atoms with Crippen LogP contribution in [0.4, 0.5) is 0 Å². The van der Waals surface area contributed by atoms with Crippen molar-refractivity contribution in [2.24, 2.45) is 10.4 Å². The van der Waals surface area contributed by atoms with Gasteiger partial charge in [0, 0.05) is 13.1 Å². The predicted octanol–water partition coefficient (Wildman–Crippen LogP) is 1.66. The van der Waals surface area contributed by atoms with Crippen LogP contribution in [0.2, 0.25) is 0 Å². The second kappa shape index (κ2) is 4.72. The van der Waals surface area contributed by atoms with Crippen molar-refractivity contribution in [1.82, 2.24) is 10.6 Å². The molecule has 0 spiro atoms. The molecule has 3 fully saturated rings. The first-order chi connectivity index (χ1) is 8.68. The largest absolute Gasteiger partial charge is 0.373 e. The Morgan fingerprint density at radius 1 is 1.39 bits per heavy atom. The zero-order chi connectivity index (χ0) is 12.6. The Hall–Kier alpha value is -0.770. The first-order valence-corrected chi connectivity index (χ1v) is 7.39. The Morgan fingerprint density at radius 3 is 2.78 bits per heavy atom. The third-order valence-corrected chi connectivity index (χ3v) is 4.49.